The van der Waals surface area contributed by atoms with Crippen molar-refractivity contribution in [2.75, 3.05) is 32.8 Å². The fourth-order valence-electron chi connectivity index (χ4n) is 4.00. The number of alkyl carbamates (subject to hydrolysis) is 1. The molecule has 5 nitrogen and oxygen atoms in total. The minimum absolute atomic E-state index is 0.230. The summed E-state index contributed by atoms with van der Waals surface area (Å²) in [6.45, 7) is 2.69. The first-order chi connectivity index (χ1) is 14.8. The van der Waals surface area contributed by atoms with Gasteiger partial charge in [0.25, 0.3) is 0 Å². The fourth-order valence-corrected chi connectivity index (χ4v) is 4.00. The molecule has 0 unspecified atom stereocenters. The van der Waals surface area contributed by atoms with Crippen LogP contribution in [0.1, 0.15) is 30.1 Å². The Bertz CT molecular complexity index is 912. The number of nitrogens with zero attached hydrogens (tertiary/aromatic N) is 1. The number of nitrogens with one attached hydrogen (secondary N) is 1. The van der Waals surface area contributed by atoms with Gasteiger partial charge in [-0.05, 0) is 35.4 Å². The van der Waals surface area contributed by atoms with Gasteiger partial charge in [0.2, 0.25) is 0 Å². The predicted octanol–water partition coefficient (Wildman–Crippen LogP) is 3.92. The maximum atomic E-state index is 13.8. The van der Waals surface area contributed by atoms with Gasteiger partial charge >= 0.3 is 6.09 Å². The first-order valence-corrected chi connectivity index (χ1v) is 10.1. The van der Waals surface area contributed by atoms with Crippen LogP contribution in [-0.4, -0.2) is 49.4 Å². The summed E-state index contributed by atoms with van der Waals surface area (Å²) in [7, 11) is 0. The third-order valence-corrected chi connectivity index (χ3v) is 5.82. The number of hydrogen-bond donors (Lipinski definition) is 1. The highest BCUT2D eigenvalue weighted by atomic mass is 19.2. The molecule has 1 spiro atoms. The molecule has 0 saturated carbocycles. The molecule has 9 heteroatoms. The minimum Gasteiger partial charge on any atom is -0.441 e. The molecule has 1 amide bonds. The molecule has 2 aliphatic rings. The summed E-state index contributed by atoms with van der Waals surface area (Å²) in [6, 6.07) is 6.65. The van der Waals surface area contributed by atoms with Gasteiger partial charge in [-0.1, -0.05) is 12.1 Å². The molecule has 2 fully saturated rings. The van der Waals surface area contributed by atoms with Crippen LogP contribution in [0.5, 0.6) is 0 Å². The number of rotatable bonds is 6. The van der Waals surface area contributed by atoms with Crippen LogP contribution in [0.2, 0.25) is 0 Å². The highest BCUT2D eigenvalue weighted by molar-refractivity contribution is 5.70. The van der Waals surface area contributed by atoms with Crippen molar-refractivity contribution >= 4 is 6.09 Å². The number of hydrogen-bond acceptors (Lipinski definition) is 4. The summed E-state index contributed by atoms with van der Waals surface area (Å²) in [5.41, 5.74) is 0.145. The van der Waals surface area contributed by atoms with E-state index in [1.807, 2.05) is 0 Å². The summed E-state index contributed by atoms with van der Waals surface area (Å²) >= 11 is 0. The summed E-state index contributed by atoms with van der Waals surface area (Å²) in [4.78, 5) is 13.5. The van der Waals surface area contributed by atoms with Crippen LogP contribution < -0.4 is 5.32 Å². The van der Waals surface area contributed by atoms with Crippen molar-refractivity contribution in [3.05, 3.63) is 70.8 Å². The second-order valence-electron chi connectivity index (χ2n) is 7.87. The molecular weight excluding hydrogens is 416 g/mol. The summed E-state index contributed by atoms with van der Waals surface area (Å²) in [5, 5.41) is 2.69. The van der Waals surface area contributed by atoms with Crippen LogP contribution in [0.15, 0.2) is 36.4 Å². The van der Waals surface area contributed by atoms with Crippen molar-refractivity contribution in [2.24, 2.45) is 0 Å². The normalized spacial score (nSPS) is 18.4. The highest BCUT2D eigenvalue weighted by Crippen LogP contribution is 2.30. The van der Waals surface area contributed by atoms with E-state index in [2.05, 4.69) is 10.2 Å². The van der Waals surface area contributed by atoms with E-state index in [9.17, 15) is 22.4 Å². The largest absolute Gasteiger partial charge is 0.441 e. The van der Waals surface area contributed by atoms with E-state index in [1.54, 1.807) is 0 Å². The Morgan fingerprint density at radius 1 is 0.968 bits per heavy atom. The van der Waals surface area contributed by atoms with Gasteiger partial charge in [-0.2, -0.15) is 0 Å². The highest BCUT2D eigenvalue weighted by Gasteiger charge is 2.42. The molecular formula is C22H22F4N2O3. The van der Waals surface area contributed by atoms with Gasteiger partial charge in [-0.15, -0.1) is 0 Å². The summed E-state index contributed by atoms with van der Waals surface area (Å²) in [6.07, 6.45) is 0.113. The quantitative estimate of drug-likeness (QED) is 0.695. The lowest BCUT2D eigenvalue weighted by molar-refractivity contribution is -0.0105. The Morgan fingerprint density at radius 2 is 1.55 bits per heavy atom. The van der Waals surface area contributed by atoms with E-state index in [0.29, 0.717) is 50.1 Å². The van der Waals surface area contributed by atoms with Gasteiger partial charge in [0.05, 0.1) is 13.2 Å². The van der Waals surface area contributed by atoms with Crippen molar-refractivity contribution in [3.63, 3.8) is 0 Å². The van der Waals surface area contributed by atoms with Crippen molar-refractivity contribution in [3.8, 4) is 0 Å². The third kappa shape index (κ3) is 4.83. The first kappa shape index (κ1) is 21.6. The predicted molar refractivity (Wildman–Crippen MR) is 103 cm³/mol. The smallest absolute Gasteiger partial charge is 0.407 e. The van der Waals surface area contributed by atoms with Crippen LogP contribution in [0.3, 0.4) is 0 Å². The van der Waals surface area contributed by atoms with E-state index in [4.69, 9.17) is 9.47 Å². The van der Waals surface area contributed by atoms with Crippen molar-refractivity contribution < 1.29 is 31.8 Å². The number of carbonyl (C=O) groups excluding carboxylic acids is 1. The molecule has 0 aliphatic carbocycles. The molecule has 2 aliphatic heterocycles. The number of carbonyl (C=O) groups is 1. The number of piperidine rings is 1. The molecule has 0 aromatic heterocycles. The number of halogens is 4. The molecule has 0 radical (unpaired) electrons. The maximum absolute atomic E-state index is 13.8. The van der Waals surface area contributed by atoms with E-state index in [0.717, 1.165) is 24.3 Å². The Labute approximate surface area is 176 Å². The molecule has 4 rings (SSSR count). The van der Waals surface area contributed by atoms with Gasteiger partial charge < -0.3 is 19.7 Å². The van der Waals surface area contributed by atoms with Crippen LogP contribution >= 0.6 is 0 Å². The fraction of sp³-hybridized carbons (Fsp3) is 0.409. The Hall–Kier alpha value is -2.65. The van der Waals surface area contributed by atoms with Gasteiger partial charge in [0.15, 0.2) is 23.3 Å². The zero-order valence-electron chi connectivity index (χ0n) is 16.7. The standard InChI is InChI=1S/C22H22F4N2O3/c23-16-3-1-14(11-18(16)25)20(15-2-4-17(24)19(26)12-15)30-10-9-28-7-5-22(6-8-28)13-27-21(29)31-22/h1-4,11-12,20H,5-10,13H2,(H,27,29). The molecule has 2 aromatic rings. The Morgan fingerprint density at radius 3 is 2.03 bits per heavy atom. The lowest BCUT2D eigenvalue weighted by Crippen LogP contribution is -2.47. The topological polar surface area (TPSA) is 50.8 Å². The van der Waals surface area contributed by atoms with Crippen LogP contribution in [-0.2, 0) is 9.47 Å². The van der Waals surface area contributed by atoms with E-state index < -0.39 is 41.1 Å². The van der Waals surface area contributed by atoms with E-state index in [-0.39, 0.29) is 6.61 Å². The second-order valence-corrected chi connectivity index (χ2v) is 7.87. The van der Waals surface area contributed by atoms with Gasteiger partial charge in [0.1, 0.15) is 11.7 Å². The average Bonchev–Trinajstić information content (AvgIpc) is 3.11. The number of ether oxygens (including phenoxy) is 2. The Balaban J connectivity index is 1.41. The third-order valence-electron chi connectivity index (χ3n) is 5.82. The van der Waals surface area contributed by atoms with Gasteiger partial charge in [-0.25, -0.2) is 22.4 Å². The van der Waals surface area contributed by atoms with Crippen LogP contribution in [0, 0.1) is 23.3 Å². The van der Waals surface area contributed by atoms with Crippen molar-refractivity contribution in [1.82, 2.24) is 10.2 Å². The zero-order valence-corrected chi connectivity index (χ0v) is 16.7. The molecule has 31 heavy (non-hydrogen) atoms. The zero-order chi connectivity index (χ0) is 22.0. The van der Waals surface area contributed by atoms with Crippen molar-refractivity contribution in [1.29, 1.82) is 0 Å². The molecule has 2 aromatic carbocycles. The van der Waals surface area contributed by atoms with Gasteiger partial charge in [-0.3, -0.25) is 0 Å². The molecule has 166 valence electrons. The van der Waals surface area contributed by atoms with E-state index in [1.165, 1.54) is 12.1 Å². The summed E-state index contributed by atoms with van der Waals surface area (Å²) in [5.74, 6) is -4.10. The molecule has 1 N–H and O–H groups in total. The van der Waals surface area contributed by atoms with Crippen LogP contribution in [0.4, 0.5) is 22.4 Å². The summed E-state index contributed by atoms with van der Waals surface area (Å²) < 4.78 is 65.6. The first-order valence-electron chi connectivity index (χ1n) is 10.1. The second kappa shape index (κ2) is 8.84. The molecule has 0 atom stereocenters. The molecule has 2 saturated heterocycles. The lowest BCUT2D eigenvalue weighted by atomic mass is 9.92. The maximum Gasteiger partial charge on any atom is 0.407 e. The van der Waals surface area contributed by atoms with Gasteiger partial charge in [0, 0.05) is 32.5 Å². The van der Waals surface area contributed by atoms with Crippen molar-refractivity contribution in [2.45, 2.75) is 24.5 Å². The minimum atomic E-state index is -1.05. The number of benzene rings is 2. The SMILES string of the molecule is O=C1NCC2(CCN(CCOC(c3ccc(F)c(F)c3)c3ccc(F)c(F)c3)CC2)O1. The van der Waals surface area contributed by atoms with E-state index >= 15 is 0 Å². The number of amides is 1. The average molecular weight is 438 g/mol. The monoisotopic (exact) mass is 438 g/mol. The number of likely N-dealkylation sites (tertiary alicyclic amines) is 1. The molecule has 0 bridgehead atoms. The lowest BCUT2D eigenvalue weighted by Gasteiger charge is -2.37. The Kier molecular flexibility index (Phi) is 6.15. The van der Waals surface area contributed by atoms with Crippen LogP contribution in [0.25, 0.3) is 0 Å². The molecule has 2 heterocycles.